The zero-order chi connectivity index (χ0) is 20.1. The van der Waals surface area contributed by atoms with Gasteiger partial charge in [0.2, 0.25) is 0 Å². The summed E-state index contributed by atoms with van der Waals surface area (Å²) < 4.78 is 1.14. The molecule has 0 heterocycles. The molecule has 0 N–H and O–H groups in total. The van der Waals surface area contributed by atoms with E-state index in [9.17, 15) is 0 Å². The largest absolute Gasteiger partial charge is 0.0714 e. The fourth-order valence-electron chi connectivity index (χ4n) is 5.18. The second-order valence-electron chi connectivity index (χ2n) is 7.89. The van der Waals surface area contributed by atoms with Crippen LogP contribution in [0.4, 0.5) is 0 Å². The van der Waals surface area contributed by atoms with Gasteiger partial charge in [0.1, 0.15) is 0 Å². The average molecular weight is 447 g/mol. The number of halogens is 1. The molecule has 1 heteroatoms. The van der Waals surface area contributed by atoms with Crippen LogP contribution in [0.25, 0.3) is 21.9 Å². The number of benzene rings is 5. The topological polar surface area (TPSA) is 0 Å². The first-order valence-corrected chi connectivity index (χ1v) is 11.0. The predicted molar refractivity (Wildman–Crippen MR) is 129 cm³/mol. The van der Waals surface area contributed by atoms with Crippen molar-refractivity contribution in [2.45, 2.75) is 5.41 Å². The van der Waals surface area contributed by atoms with E-state index in [-0.39, 0.29) is 5.41 Å². The van der Waals surface area contributed by atoms with Gasteiger partial charge >= 0.3 is 0 Å². The van der Waals surface area contributed by atoms with Crippen LogP contribution in [0.3, 0.4) is 0 Å². The molecule has 0 atom stereocenters. The fourth-order valence-corrected chi connectivity index (χ4v) is 5.76. The van der Waals surface area contributed by atoms with Crippen molar-refractivity contribution in [1.29, 1.82) is 0 Å². The molecule has 0 nitrogen and oxygen atoms in total. The van der Waals surface area contributed by atoms with Crippen LogP contribution in [0.15, 0.2) is 120 Å². The van der Waals surface area contributed by atoms with Gasteiger partial charge < -0.3 is 0 Å². The molecular weight excluding hydrogens is 428 g/mol. The highest BCUT2D eigenvalue weighted by molar-refractivity contribution is 9.10. The molecule has 0 aliphatic heterocycles. The van der Waals surface area contributed by atoms with Gasteiger partial charge in [-0.25, -0.2) is 0 Å². The molecule has 1 aliphatic carbocycles. The van der Waals surface area contributed by atoms with Crippen molar-refractivity contribution in [2.75, 3.05) is 0 Å². The Hall–Kier alpha value is -3.16. The van der Waals surface area contributed by atoms with Crippen molar-refractivity contribution >= 4 is 26.7 Å². The van der Waals surface area contributed by atoms with Gasteiger partial charge in [0, 0.05) is 10.0 Å². The molecular formula is C29H19Br. The molecule has 30 heavy (non-hydrogen) atoms. The minimum atomic E-state index is -0.346. The van der Waals surface area contributed by atoms with Crippen LogP contribution in [-0.2, 0) is 5.41 Å². The fraction of sp³-hybridized carbons (Fsp3) is 0.0345. The van der Waals surface area contributed by atoms with E-state index >= 15 is 0 Å². The van der Waals surface area contributed by atoms with E-state index in [0.29, 0.717) is 0 Å². The third-order valence-corrected chi connectivity index (χ3v) is 7.05. The van der Waals surface area contributed by atoms with E-state index < -0.39 is 0 Å². The van der Waals surface area contributed by atoms with E-state index in [1.807, 2.05) is 0 Å². The smallest absolute Gasteiger partial charge is 0.0622 e. The summed E-state index contributed by atoms with van der Waals surface area (Å²) in [7, 11) is 0. The van der Waals surface area contributed by atoms with E-state index in [0.717, 1.165) is 4.47 Å². The Morgan fingerprint density at radius 2 is 1.07 bits per heavy atom. The molecule has 0 fully saturated rings. The molecule has 0 spiro atoms. The van der Waals surface area contributed by atoms with Crippen LogP contribution in [0, 0.1) is 0 Å². The van der Waals surface area contributed by atoms with Crippen LogP contribution in [0.1, 0.15) is 22.3 Å². The van der Waals surface area contributed by atoms with Gasteiger partial charge in [0.05, 0.1) is 5.41 Å². The Labute approximate surface area is 185 Å². The maximum atomic E-state index is 3.88. The molecule has 0 amide bonds. The lowest BCUT2D eigenvalue weighted by molar-refractivity contribution is 0.769. The Morgan fingerprint density at radius 1 is 0.500 bits per heavy atom. The first kappa shape index (κ1) is 17.7. The molecule has 5 aromatic carbocycles. The molecule has 0 bridgehead atoms. The molecule has 0 unspecified atom stereocenters. The summed E-state index contributed by atoms with van der Waals surface area (Å²) in [6.07, 6.45) is 0. The van der Waals surface area contributed by atoms with E-state index in [2.05, 4.69) is 131 Å². The molecule has 0 radical (unpaired) electrons. The highest BCUT2D eigenvalue weighted by Crippen LogP contribution is 2.58. The Morgan fingerprint density at radius 3 is 1.70 bits per heavy atom. The molecule has 0 saturated heterocycles. The summed E-state index contributed by atoms with van der Waals surface area (Å²) in [5, 5.41) is 2.55. The van der Waals surface area contributed by atoms with Gasteiger partial charge in [-0.05, 0) is 56.8 Å². The number of hydrogen-bond donors (Lipinski definition) is 0. The number of rotatable bonds is 2. The SMILES string of the molecule is Brc1cccc2c1-c1cc3ccccc3cc1C2(c1ccccc1)c1ccccc1. The molecule has 6 rings (SSSR count). The van der Waals surface area contributed by atoms with Gasteiger partial charge in [0.25, 0.3) is 0 Å². The van der Waals surface area contributed by atoms with Gasteiger partial charge in [-0.3, -0.25) is 0 Å². The lowest BCUT2D eigenvalue weighted by Crippen LogP contribution is -2.28. The third kappa shape index (κ3) is 2.33. The monoisotopic (exact) mass is 446 g/mol. The Kier molecular flexibility index (Phi) is 3.94. The number of hydrogen-bond acceptors (Lipinski definition) is 0. The quantitative estimate of drug-likeness (QED) is 0.253. The van der Waals surface area contributed by atoms with E-state index in [4.69, 9.17) is 0 Å². The molecule has 5 aromatic rings. The van der Waals surface area contributed by atoms with Crippen molar-refractivity contribution in [2.24, 2.45) is 0 Å². The zero-order valence-electron chi connectivity index (χ0n) is 16.3. The van der Waals surface area contributed by atoms with Gasteiger partial charge in [-0.2, -0.15) is 0 Å². The van der Waals surface area contributed by atoms with Crippen molar-refractivity contribution in [3.8, 4) is 11.1 Å². The highest BCUT2D eigenvalue weighted by Gasteiger charge is 2.46. The number of fused-ring (bicyclic) bond motifs is 4. The zero-order valence-corrected chi connectivity index (χ0v) is 17.9. The molecule has 142 valence electrons. The highest BCUT2D eigenvalue weighted by atomic mass is 79.9. The van der Waals surface area contributed by atoms with Crippen LogP contribution >= 0.6 is 15.9 Å². The molecule has 1 aliphatic rings. The van der Waals surface area contributed by atoms with Gasteiger partial charge in [-0.1, -0.05) is 113 Å². The Bertz CT molecular complexity index is 1350. The van der Waals surface area contributed by atoms with Gasteiger partial charge in [-0.15, -0.1) is 0 Å². The van der Waals surface area contributed by atoms with Crippen molar-refractivity contribution in [3.05, 3.63) is 142 Å². The maximum Gasteiger partial charge on any atom is 0.0714 e. The van der Waals surface area contributed by atoms with Crippen LogP contribution in [-0.4, -0.2) is 0 Å². The summed E-state index contributed by atoms with van der Waals surface area (Å²) >= 11 is 3.88. The van der Waals surface area contributed by atoms with Crippen LogP contribution in [0.5, 0.6) is 0 Å². The van der Waals surface area contributed by atoms with Gasteiger partial charge in [0.15, 0.2) is 0 Å². The standard InChI is InChI=1S/C29H19Br/c30-27-17-9-16-25-28(27)24-18-20-10-7-8-11-21(20)19-26(24)29(25,22-12-3-1-4-13-22)23-14-5-2-6-15-23/h1-19H. The first-order chi connectivity index (χ1) is 14.8. The van der Waals surface area contributed by atoms with Crippen LogP contribution in [0.2, 0.25) is 0 Å². The lowest BCUT2D eigenvalue weighted by Gasteiger charge is -2.34. The first-order valence-electron chi connectivity index (χ1n) is 10.2. The third-order valence-electron chi connectivity index (χ3n) is 6.39. The Balaban J connectivity index is 1.85. The van der Waals surface area contributed by atoms with Crippen LogP contribution < -0.4 is 0 Å². The summed E-state index contributed by atoms with van der Waals surface area (Å²) in [4.78, 5) is 0. The normalized spacial score (nSPS) is 13.8. The van der Waals surface area contributed by atoms with Crippen molar-refractivity contribution in [3.63, 3.8) is 0 Å². The minimum Gasteiger partial charge on any atom is -0.0622 e. The summed E-state index contributed by atoms with van der Waals surface area (Å²) in [5.41, 5.74) is 7.53. The molecule has 0 saturated carbocycles. The summed E-state index contributed by atoms with van der Waals surface area (Å²) in [5.74, 6) is 0. The van der Waals surface area contributed by atoms with E-state index in [1.165, 1.54) is 44.2 Å². The summed E-state index contributed by atoms with van der Waals surface area (Å²) in [6.45, 7) is 0. The average Bonchev–Trinajstić information content (AvgIpc) is 3.10. The van der Waals surface area contributed by atoms with Crippen molar-refractivity contribution < 1.29 is 0 Å². The lowest BCUT2D eigenvalue weighted by atomic mass is 9.67. The summed E-state index contributed by atoms with van der Waals surface area (Å²) in [6, 6.07) is 41.9. The second kappa shape index (κ2) is 6.68. The van der Waals surface area contributed by atoms with E-state index in [1.54, 1.807) is 0 Å². The maximum absolute atomic E-state index is 3.88. The van der Waals surface area contributed by atoms with Crippen molar-refractivity contribution in [1.82, 2.24) is 0 Å². The molecule has 0 aromatic heterocycles. The predicted octanol–water partition coefficient (Wildman–Crippen LogP) is 7.97. The minimum absolute atomic E-state index is 0.346. The second-order valence-corrected chi connectivity index (χ2v) is 8.74.